The second-order valence-corrected chi connectivity index (χ2v) is 4.68. The summed E-state index contributed by atoms with van der Waals surface area (Å²) >= 11 is 0. The maximum Gasteiger partial charge on any atom is 0.0672 e. The average Bonchev–Trinajstić information content (AvgIpc) is 2.31. The summed E-state index contributed by atoms with van der Waals surface area (Å²) in [5.74, 6) is 0. The van der Waals surface area contributed by atoms with Crippen LogP contribution in [0.4, 0.5) is 0 Å². The third-order valence-electron chi connectivity index (χ3n) is 3.39. The Bertz CT molecular complexity index is 307. The summed E-state index contributed by atoms with van der Waals surface area (Å²) in [4.78, 5) is 4.00. The molecule has 3 heteroatoms. The predicted molar refractivity (Wildman–Crippen MR) is 64.2 cm³/mol. The quantitative estimate of drug-likeness (QED) is 0.808. The van der Waals surface area contributed by atoms with Crippen LogP contribution in [0.2, 0.25) is 0 Å². The molecule has 0 radical (unpaired) electrons. The number of hydrogen-bond acceptors (Lipinski definition) is 3. The van der Waals surface area contributed by atoms with Gasteiger partial charge in [-0.2, -0.15) is 0 Å². The van der Waals surface area contributed by atoms with E-state index in [1.54, 1.807) is 0 Å². The maximum atomic E-state index is 10.3. The molecule has 3 nitrogen and oxygen atoms in total. The molecule has 1 aromatic rings. The van der Waals surface area contributed by atoms with Crippen molar-refractivity contribution in [1.29, 1.82) is 0 Å². The average molecular weight is 220 g/mol. The van der Waals surface area contributed by atoms with E-state index in [4.69, 9.17) is 0 Å². The zero-order valence-corrected chi connectivity index (χ0v) is 9.65. The highest BCUT2D eigenvalue weighted by Gasteiger charge is 2.27. The maximum absolute atomic E-state index is 10.3. The van der Waals surface area contributed by atoms with Gasteiger partial charge in [-0.3, -0.25) is 4.98 Å². The molecule has 2 heterocycles. The molecule has 1 aromatic heterocycles. The van der Waals surface area contributed by atoms with Crippen LogP contribution in [-0.4, -0.2) is 28.8 Å². The molecule has 0 unspecified atom stereocenters. The predicted octanol–water partition coefficient (Wildman–Crippen LogP) is 1.52. The highest BCUT2D eigenvalue weighted by molar-refractivity contribution is 5.09. The van der Waals surface area contributed by atoms with Gasteiger partial charge in [0, 0.05) is 12.4 Å². The van der Waals surface area contributed by atoms with Crippen LogP contribution in [-0.2, 0) is 6.42 Å². The van der Waals surface area contributed by atoms with Crippen LogP contribution in [0.25, 0.3) is 0 Å². The fraction of sp³-hybridized carbons (Fsp3) is 0.615. The van der Waals surface area contributed by atoms with Gasteiger partial charge in [-0.1, -0.05) is 0 Å². The Kier molecular flexibility index (Phi) is 3.91. The molecule has 1 aliphatic rings. The van der Waals surface area contributed by atoms with Crippen molar-refractivity contribution in [3.05, 3.63) is 30.1 Å². The molecule has 0 amide bonds. The first kappa shape index (κ1) is 11.6. The molecule has 16 heavy (non-hydrogen) atoms. The van der Waals surface area contributed by atoms with Crippen LogP contribution >= 0.6 is 0 Å². The van der Waals surface area contributed by atoms with Crippen molar-refractivity contribution in [1.82, 2.24) is 10.3 Å². The van der Waals surface area contributed by atoms with Crippen LogP contribution in [0.5, 0.6) is 0 Å². The summed E-state index contributed by atoms with van der Waals surface area (Å²) < 4.78 is 0. The highest BCUT2D eigenvalue weighted by Crippen LogP contribution is 2.24. The molecule has 2 rings (SSSR count). The first-order chi connectivity index (χ1) is 7.79. The zero-order chi connectivity index (χ0) is 11.3. The minimum atomic E-state index is -0.418. The smallest absolute Gasteiger partial charge is 0.0672 e. The van der Waals surface area contributed by atoms with E-state index in [-0.39, 0.29) is 0 Å². The summed E-state index contributed by atoms with van der Waals surface area (Å²) in [6.45, 7) is 1.90. The molecule has 0 bridgehead atoms. The van der Waals surface area contributed by atoms with E-state index in [0.717, 1.165) is 45.2 Å². The van der Waals surface area contributed by atoms with Crippen LogP contribution < -0.4 is 5.32 Å². The summed E-state index contributed by atoms with van der Waals surface area (Å²) in [7, 11) is 0. The van der Waals surface area contributed by atoms with E-state index in [2.05, 4.69) is 10.3 Å². The van der Waals surface area contributed by atoms with Crippen LogP contribution in [0.15, 0.2) is 24.5 Å². The van der Waals surface area contributed by atoms with Crippen molar-refractivity contribution in [3.63, 3.8) is 0 Å². The number of hydrogen-bond donors (Lipinski definition) is 2. The normalized spacial score (nSPS) is 19.6. The molecule has 88 valence electrons. The van der Waals surface area contributed by atoms with Crippen LogP contribution in [0.3, 0.4) is 0 Å². The Morgan fingerprint density at radius 1 is 1.25 bits per heavy atom. The van der Waals surface area contributed by atoms with Crippen molar-refractivity contribution in [2.75, 3.05) is 13.1 Å². The molecule has 1 saturated heterocycles. The number of aliphatic hydroxyl groups is 1. The molecule has 0 aromatic carbocycles. The molecular weight excluding hydrogens is 200 g/mol. The van der Waals surface area contributed by atoms with Crippen molar-refractivity contribution in [2.24, 2.45) is 0 Å². The number of aryl methyl sites for hydroxylation is 1. The summed E-state index contributed by atoms with van der Waals surface area (Å²) in [5.41, 5.74) is 0.894. The zero-order valence-electron chi connectivity index (χ0n) is 9.65. The number of nitrogens with zero attached hydrogens (tertiary/aromatic N) is 1. The van der Waals surface area contributed by atoms with Gasteiger partial charge in [0.1, 0.15) is 0 Å². The van der Waals surface area contributed by atoms with E-state index in [1.807, 2.05) is 24.5 Å². The monoisotopic (exact) mass is 220 g/mol. The van der Waals surface area contributed by atoms with E-state index in [0.29, 0.717) is 0 Å². The molecule has 0 spiro atoms. The van der Waals surface area contributed by atoms with Crippen molar-refractivity contribution in [3.8, 4) is 0 Å². The molecule has 0 atom stereocenters. The van der Waals surface area contributed by atoms with Gasteiger partial charge in [-0.15, -0.1) is 0 Å². The SMILES string of the molecule is OC1(CCCc2ccncc2)CCNCC1. The Labute approximate surface area is 96.9 Å². The Morgan fingerprint density at radius 2 is 1.94 bits per heavy atom. The second kappa shape index (κ2) is 5.41. The standard InChI is InChI=1S/C13H20N2O/c16-13(6-10-15-11-7-13)5-1-2-12-3-8-14-9-4-12/h3-4,8-9,15-16H,1-2,5-7,10-11H2. The first-order valence-electron chi connectivity index (χ1n) is 6.11. The van der Waals surface area contributed by atoms with Crippen molar-refractivity contribution >= 4 is 0 Å². The Morgan fingerprint density at radius 3 is 2.62 bits per heavy atom. The van der Waals surface area contributed by atoms with Crippen LogP contribution in [0, 0.1) is 0 Å². The molecule has 2 N–H and O–H groups in total. The lowest BCUT2D eigenvalue weighted by Gasteiger charge is -2.32. The third kappa shape index (κ3) is 3.29. The van der Waals surface area contributed by atoms with Gasteiger partial charge in [0.05, 0.1) is 5.60 Å². The summed E-state index contributed by atoms with van der Waals surface area (Å²) in [5, 5.41) is 13.6. The lowest BCUT2D eigenvalue weighted by molar-refractivity contribution is 0.000922. The van der Waals surface area contributed by atoms with E-state index >= 15 is 0 Å². The van der Waals surface area contributed by atoms with Crippen molar-refractivity contribution < 1.29 is 5.11 Å². The summed E-state index contributed by atoms with van der Waals surface area (Å²) in [6, 6.07) is 4.10. The van der Waals surface area contributed by atoms with E-state index in [1.165, 1.54) is 5.56 Å². The van der Waals surface area contributed by atoms with Crippen molar-refractivity contribution in [2.45, 2.75) is 37.7 Å². The molecule has 1 aliphatic heterocycles. The molecular formula is C13H20N2O. The number of nitrogens with one attached hydrogen (secondary N) is 1. The molecule has 0 saturated carbocycles. The number of aromatic nitrogens is 1. The largest absolute Gasteiger partial charge is 0.390 e. The molecule has 1 fully saturated rings. The number of rotatable bonds is 4. The first-order valence-corrected chi connectivity index (χ1v) is 6.11. The van der Waals surface area contributed by atoms with Gasteiger partial charge in [0.15, 0.2) is 0 Å². The fourth-order valence-electron chi connectivity index (χ4n) is 2.31. The van der Waals surface area contributed by atoms with Gasteiger partial charge in [-0.25, -0.2) is 0 Å². The minimum Gasteiger partial charge on any atom is -0.390 e. The van der Waals surface area contributed by atoms with Gasteiger partial charge in [0.25, 0.3) is 0 Å². The van der Waals surface area contributed by atoms with Crippen LogP contribution in [0.1, 0.15) is 31.2 Å². The van der Waals surface area contributed by atoms with Gasteiger partial charge in [0.2, 0.25) is 0 Å². The summed E-state index contributed by atoms with van der Waals surface area (Å²) in [6.07, 6.45) is 8.45. The van der Waals surface area contributed by atoms with Gasteiger partial charge in [-0.05, 0) is 62.9 Å². The number of piperidine rings is 1. The van der Waals surface area contributed by atoms with Gasteiger partial charge >= 0.3 is 0 Å². The highest BCUT2D eigenvalue weighted by atomic mass is 16.3. The lowest BCUT2D eigenvalue weighted by Crippen LogP contribution is -2.41. The van der Waals surface area contributed by atoms with Gasteiger partial charge < -0.3 is 10.4 Å². The van der Waals surface area contributed by atoms with E-state index in [9.17, 15) is 5.11 Å². The minimum absolute atomic E-state index is 0.418. The van der Waals surface area contributed by atoms with E-state index < -0.39 is 5.60 Å². The Balaban J connectivity index is 1.75. The molecule has 0 aliphatic carbocycles. The fourth-order valence-corrected chi connectivity index (χ4v) is 2.31. The third-order valence-corrected chi connectivity index (χ3v) is 3.39. The topological polar surface area (TPSA) is 45.2 Å². The number of pyridine rings is 1. The second-order valence-electron chi connectivity index (χ2n) is 4.68. The lowest BCUT2D eigenvalue weighted by atomic mass is 9.87. The Hall–Kier alpha value is -0.930.